The topological polar surface area (TPSA) is 107 Å². The minimum atomic E-state index is -1.33. The van der Waals surface area contributed by atoms with Crippen LogP contribution in [-0.2, 0) is 4.79 Å². The second-order valence-electron chi connectivity index (χ2n) is 6.36. The van der Waals surface area contributed by atoms with Crippen molar-refractivity contribution in [1.29, 1.82) is 0 Å². The maximum Gasteiger partial charge on any atom is 0.451 e. The number of carboxylic acids is 1. The van der Waals surface area contributed by atoms with Gasteiger partial charge in [-0.2, -0.15) is 0 Å². The first-order valence-electron chi connectivity index (χ1n) is 7.23. The van der Waals surface area contributed by atoms with E-state index in [0.717, 1.165) is 12.8 Å². The third kappa shape index (κ3) is 3.94. The van der Waals surface area contributed by atoms with Gasteiger partial charge in [0, 0.05) is 12.0 Å². The smallest absolute Gasteiger partial charge is 0.451 e. The van der Waals surface area contributed by atoms with Crippen LogP contribution in [0.3, 0.4) is 0 Å². The van der Waals surface area contributed by atoms with Crippen molar-refractivity contribution in [1.82, 2.24) is 4.90 Å². The van der Waals surface area contributed by atoms with Gasteiger partial charge >= 0.3 is 13.1 Å². The average Bonchev–Trinajstić information content (AvgIpc) is 2.35. The fraction of sp³-hybridized carbons (Fsp3) is 0.923. The lowest BCUT2D eigenvalue weighted by Crippen LogP contribution is -2.62. The van der Waals surface area contributed by atoms with Crippen LogP contribution in [0.1, 0.15) is 32.6 Å². The standard InChI is InChI=1S/C13H27BN2O4/c1-9(16(2)3)11-5-4-10(6-7-14(19)20)8-13(11,15)12(17)18/h9-11,19-20H,4-8,15H2,1-3H3,(H,17,18)/t9?,10-,11?,13+/m0/s1. The third-order valence-electron chi connectivity index (χ3n) is 4.80. The van der Waals surface area contributed by atoms with Crippen molar-refractivity contribution in [2.45, 2.75) is 50.5 Å². The lowest BCUT2D eigenvalue weighted by molar-refractivity contribution is -0.149. The summed E-state index contributed by atoms with van der Waals surface area (Å²) in [5, 5.41) is 27.4. The Balaban J connectivity index is 2.80. The molecule has 1 aliphatic carbocycles. The van der Waals surface area contributed by atoms with Gasteiger partial charge in [0.15, 0.2) is 0 Å². The van der Waals surface area contributed by atoms with Crippen molar-refractivity contribution < 1.29 is 19.9 Å². The molecular formula is C13H27BN2O4. The zero-order chi connectivity index (χ0) is 15.5. The summed E-state index contributed by atoms with van der Waals surface area (Å²) in [5.74, 6) is -0.903. The van der Waals surface area contributed by atoms with Crippen LogP contribution < -0.4 is 5.73 Å². The Bertz CT molecular complexity index is 340. The number of carbonyl (C=O) groups is 1. The van der Waals surface area contributed by atoms with E-state index in [1.165, 1.54) is 0 Å². The molecule has 0 aliphatic heterocycles. The van der Waals surface area contributed by atoms with Gasteiger partial charge in [-0.1, -0.05) is 6.42 Å². The van der Waals surface area contributed by atoms with Crippen LogP contribution in [0.5, 0.6) is 0 Å². The van der Waals surface area contributed by atoms with Crippen molar-refractivity contribution in [3.8, 4) is 0 Å². The van der Waals surface area contributed by atoms with Gasteiger partial charge in [0.25, 0.3) is 0 Å². The van der Waals surface area contributed by atoms with Crippen molar-refractivity contribution >= 4 is 13.1 Å². The number of nitrogens with zero attached hydrogens (tertiary/aromatic N) is 1. The molecular weight excluding hydrogens is 259 g/mol. The molecule has 0 aromatic rings. The van der Waals surface area contributed by atoms with E-state index in [-0.39, 0.29) is 24.2 Å². The van der Waals surface area contributed by atoms with E-state index < -0.39 is 18.6 Å². The molecule has 0 heterocycles. The summed E-state index contributed by atoms with van der Waals surface area (Å²) in [6, 6.07) is 0.0977. The number of aliphatic carboxylic acids is 1. The SMILES string of the molecule is CC(C1CC[C@@H](CCB(O)O)C[C@]1(N)C(=O)O)N(C)C. The van der Waals surface area contributed by atoms with Crippen LogP contribution in [0.4, 0.5) is 0 Å². The largest absolute Gasteiger partial charge is 0.480 e. The zero-order valence-corrected chi connectivity index (χ0v) is 12.6. The van der Waals surface area contributed by atoms with Crippen LogP contribution >= 0.6 is 0 Å². The Morgan fingerprint density at radius 2 is 2.05 bits per heavy atom. The van der Waals surface area contributed by atoms with Gasteiger partial charge in [0.2, 0.25) is 0 Å². The predicted molar refractivity (Wildman–Crippen MR) is 78.1 cm³/mol. The first-order chi connectivity index (χ1) is 9.18. The summed E-state index contributed by atoms with van der Waals surface area (Å²) in [4.78, 5) is 13.7. The molecule has 1 aliphatic rings. The number of nitrogens with two attached hydrogens (primary N) is 1. The first-order valence-corrected chi connectivity index (χ1v) is 7.23. The van der Waals surface area contributed by atoms with Gasteiger partial charge in [0.1, 0.15) is 5.54 Å². The number of carboxylic acid groups (broad SMARTS) is 1. The summed E-state index contributed by atoms with van der Waals surface area (Å²) < 4.78 is 0. The lowest BCUT2D eigenvalue weighted by Gasteiger charge is -2.45. The molecule has 0 bridgehead atoms. The zero-order valence-electron chi connectivity index (χ0n) is 12.6. The minimum Gasteiger partial charge on any atom is -0.480 e. The monoisotopic (exact) mass is 286 g/mol. The maximum absolute atomic E-state index is 11.7. The minimum absolute atomic E-state index is 0.0923. The fourth-order valence-electron chi connectivity index (χ4n) is 3.31. The fourth-order valence-corrected chi connectivity index (χ4v) is 3.31. The molecule has 0 radical (unpaired) electrons. The highest BCUT2D eigenvalue weighted by Crippen LogP contribution is 2.40. The van der Waals surface area contributed by atoms with Crippen LogP contribution in [0, 0.1) is 11.8 Å². The Labute approximate surface area is 121 Å². The van der Waals surface area contributed by atoms with E-state index in [1.807, 2.05) is 25.9 Å². The molecule has 20 heavy (non-hydrogen) atoms. The van der Waals surface area contributed by atoms with Gasteiger partial charge in [-0.15, -0.1) is 0 Å². The highest BCUT2D eigenvalue weighted by molar-refractivity contribution is 6.40. The second kappa shape index (κ2) is 6.89. The number of rotatable bonds is 6. The molecule has 0 saturated heterocycles. The number of hydrogen-bond donors (Lipinski definition) is 4. The first kappa shape index (κ1) is 17.4. The second-order valence-corrected chi connectivity index (χ2v) is 6.36. The molecule has 0 aromatic heterocycles. The van der Waals surface area contributed by atoms with Crippen molar-refractivity contribution in [2.24, 2.45) is 17.6 Å². The molecule has 1 rings (SSSR count). The Morgan fingerprint density at radius 1 is 1.45 bits per heavy atom. The third-order valence-corrected chi connectivity index (χ3v) is 4.80. The van der Waals surface area contributed by atoms with E-state index in [2.05, 4.69) is 0 Å². The summed E-state index contributed by atoms with van der Waals surface area (Å²) in [5.41, 5.74) is 5.00. The van der Waals surface area contributed by atoms with Gasteiger partial charge in [0.05, 0.1) is 0 Å². The van der Waals surface area contributed by atoms with Crippen molar-refractivity contribution in [3.63, 3.8) is 0 Å². The van der Waals surface area contributed by atoms with E-state index in [0.29, 0.717) is 12.8 Å². The summed E-state index contributed by atoms with van der Waals surface area (Å²) in [7, 11) is 2.54. The molecule has 6 nitrogen and oxygen atoms in total. The maximum atomic E-state index is 11.7. The Kier molecular flexibility index (Phi) is 6.00. The Hall–Kier alpha value is -0.625. The van der Waals surface area contributed by atoms with Crippen LogP contribution in [0.2, 0.25) is 6.32 Å². The molecule has 0 spiro atoms. The molecule has 0 aromatic carbocycles. The van der Waals surface area contributed by atoms with Crippen LogP contribution in [0.15, 0.2) is 0 Å². The summed E-state index contributed by atoms with van der Waals surface area (Å²) in [6.07, 6.45) is 2.93. The molecule has 2 unspecified atom stereocenters. The van der Waals surface area contributed by atoms with E-state index in [9.17, 15) is 9.90 Å². The summed E-state index contributed by atoms with van der Waals surface area (Å²) in [6.45, 7) is 2.01. The molecule has 4 atom stereocenters. The van der Waals surface area contributed by atoms with E-state index in [4.69, 9.17) is 15.8 Å². The molecule has 7 heteroatoms. The van der Waals surface area contributed by atoms with Crippen molar-refractivity contribution in [3.05, 3.63) is 0 Å². The highest BCUT2D eigenvalue weighted by Gasteiger charge is 2.49. The molecule has 1 saturated carbocycles. The quantitative estimate of drug-likeness (QED) is 0.512. The van der Waals surface area contributed by atoms with Gasteiger partial charge in [-0.25, -0.2) is 0 Å². The molecule has 5 N–H and O–H groups in total. The lowest BCUT2D eigenvalue weighted by atomic mass is 9.64. The normalized spacial score (nSPS) is 32.1. The van der Waals surface area contributed by atoms with E-state index >= 15 is 0 Å². The average molecular weight is 286 g/mol. The number of hydrogen-bond acceptors (Lipinski definition) is 5. The van der Waals surface area contributed by atoms with Crippen LogP contribution in [-0.4, -0.2) is 58.8 Å². The van der Waals surface area contributed by atoms with Gasteiger partial charge in [-0.3, -0.25) is 4.79 Å². The van der Waals surface area contributed by atoms with Crippen molar-refractivity contribution in [2.75, 3.05) is 14.1 Å². The molecule has 0 amide bonds. The van der Waals surface area contributed by atoms with Gasteiger partial charge < -0.3 is 25.8 Å². The molecule has 116 valence electrons. The van der Waals surface area contributed by atoms with E-state index in [1.54, 1.807) is 0 Å². The summed E-state index contributed by atoms with van der Waals surface area (Å²) >= 11 is 0. The Morgan fingerprint density at radius 3 is 2.50 bits per heavy atom. The van der Waals surface area contributed by atoms with Crippen LogP contribution in [0.25, 0.3) is 0 Å². The molecule has 1 fully saturated rings. The van der Waals surface area contributed by atoms with Gasteiger partial charge in [-0.05, 0) is 52.5 Å². The predicted octanol–water partition coefficient (Wildman–Crippen LogP) is -0.00220. The highest BCUT2D eigenvalue weighted by atomic mass is 16.4.